The van der Waals surface area contributed by atoms with Gasteiger partial charge in [-0.05, 0) is 11.6 Å². The van der Waals surface area contributed by atoms with Gasteiger partial charge in [-0.1, -0.05) is 30.3 Å². The van der Waals surface area contributed by atoms with E-state index >= 15 is 0 Å². The van der Waals surface area contributed by atoms with Crippen LogP contribution in [0.3, 0.4) is 0 Å². The molecule has 4 nitrogen and oxygen atoms in total. The minimum Gasteiger partial charge on any atom is -1.00 e. The van der Waals surface area contributed by atoms with Gasteiger partial charge in [0, 0.05) is 0 Å². The van der Waals surface area contributed by atoms with Crippen molar-refractivity contribution in [2.45, 2.75) is 0 Å². The van der Waals surface area contributed by atoms with Gasteiger partial charge in [0.15, 0.2) is 0 Å². The molecule has 0 spiro atoms. The summed E-state index contributed by atoms with van der Waals surface area (Å²) in [5.74, 6) is 0. The van der Waals surface area contributed by atoms with Gasteiger partial charge in [-0.25, -0.2) is 0 Å². The fourth-order valence-corrected chi connectivity index (χ4v) is 0.937. The third kappa shape index (κ3) is 6.17. The Morgan fingerprint density at radius 1 is 1.29 bits per heavy atom. The fraction of sp³-hybridized carbons (Fsp3) is 0. The standard InChI is InChI=1S/C8H8O4S.Na.H/c9-13(10,11)12-7-6-8-4-2-1-3-5-8;;/h1-7H,(H,9,10,11);;/q;+1;-1. The van der Waals surface area contributed by atoms with E-state index in [9.17, 15) is 8.42 Å². The van der Waals surface area contributed by atoms with Crippen molar-refractivity contribution in [3.05, 3.63) is 42.2 Å². The number of hydrogen-bond acceptors (Lipinski definition) is 3. The Morgan fingerprint density at radius 3 is 2.36 bits per heavy atom. The monoisotopic (exact) mass is 224 g/mol. The Balaban J connectivity index is 0. The summed E-state index contributed by atoms with van der Waals surface area (Å²) in [6, 6.07) is 8.97. The Labute approximate surface area is 106 Å². The van der Waals surface area contributed by atoms with Gasteiger partial charge in [-0.2, -0.15) is 8.42 Å². The third-order valence-corrected chi connectivity index (χ3v) is 1.59. The van der Waals surface area contributed by atoms with Crippen LogP contribution in [-0.2, 0) is 14.6 Å². The van der Waals surface area contributed by atoms with Crippen molar-refractivity contribution in [1.29, 1.82) is 0 Å². The summed E-state index contributed by atoms with van der Waals surface area (Å²) in [6.45, 7) is 0. The summed E-state index contributed by atoms with van der Waals surface area (Å²) in [5, 5.41) is 0. The van der Waals surface area contributed by atoms with E-state index in [1.165, 1.54) is 6.08 Å². The van der Waals surface area contributed by atoms with E-state index in [1.807, 2.05) is 6.07 Å². The van der Waals surface area contributed by atoms with Crippen LogP contribution in [0, 0.1) is 0 Å². The van der Waals surface area contributed by atoms with Gasteiger partial charge in [-0.3, -0.25) is 4.55 Å². The molecule has 0 saturated heterocycles. The van der Waals surface area contributed by atoms with Crippen molar-refractivity contribution in [1.82, 2.24) is 0 Å². The summed E-state index contributed by atoms with van der Waals surface area (Å²) in [5.41, 5.74) is 0.783. The summed E-state index contributed by atoms with van der Waals surface area (Å²) in [7, 11) is -4.38. The fourth-order valence-electron chi connectivity index (χ4n) is 0.741. The van der Waals surface area contributed by atoms with Crippen molar-refractivity contribution < 1.29 is 48.1 Å². The van der Waals surface area contributed by atoms with E-state index in [1.54, 1.807) is 24.3 Å². The summed E-state index contributed by atoms with van der Waals surface area (Å²) in [6.07, 6.45) is 2.33. The molecule has 0 aromatic heterocycles. The Bertz CT molecular complexity index is 390. The molecule has 0 unspecified atom stereocenters. The quantitative estimate of drug-likeness (QED) is 0.389. The number of hydrogen-bond donors (Lipinski definition) is 1. The zero-order valence-corrected chi connectivity index (χ0v) is 10.4. The van der Waals surface area contributed by atoms with Crippen LogP contribution >= 0.6 is 0 Å². The topological polar surface area (TPSA) is 63.6 Å². The second-order valence-electron chi connectivity index (χ2n) is 2.24. The van der Waals surface area contributed by atoms with E-state index in [0.29, 0.717) is 0 Å². The van der Waals surface area contributed by atoms with Crippen molar-refractivity contribution >= 4 is 16.5 Å². The van der Waals surface area contributed by atoms with Crippen molar-refractivity contribution in [2.75, 3.05) is 0 Å². The van der Waals surface area contributed by atoms with E-state index in [2.05, 4.69) is 4.18 Å². The van der Waals surface area contributed by atoms with E-state index in [0.717, 1.165) is 11.8 Å². The molecule has 0 aliphatic carbocycles. The van der Waals surface area contributed by atoms with E-state index in [-0.39, 0.29) is 31.0 Å². The molecule has 0 saturated carbocycles. The molecule has 0 aliphatic rings. The molecule has 0 aliphatic heterocycles. The molecule has 0 heterocycles. The zero-order valence-electron chi connectivity index (χ0n) is 8.62. The molecule has 6 heteroatoms. The third-order valence-electron chi connectivity index (χ3n) is 1.24. The van der Waals surface area contributed by atoms with Crippen LogP contribution in [0.2, 0.25) is 0 Å². The average molecular weight is 224 g/mol. The van der Waals surface area contributed by atoms with Crippen LogP contribution in [0.1, 0.15) is 6.99 Å². The normalized spacial score (nSPS) is 10.9. The average Bonchev–Trinajstić information content (AvgIpc) is 2.04. The van der Waals surface area contributed by atoms with E-state index in [4.69, 9.17) is 4.55 Å². The minimum atomic E-state index is -4.38. The SMILES string of the molecule is O=S(=O)(O)OC=Cc1ccccc1.[H-].[Na+]. The molecule has 0 radical (unpaired) electrons. The molecule has 1 N–H and O–H groups in total. The van der Waals surface area contributed by atoms with Crippen LogP contribution in [-0.4, -0.2) is 13.0 Å². The molecule has 1 rings (SSSR count). The number of rotatable bonds is 3. The molecule has 14 heavy (non-hydrogen) atoms. The maximum atomic E-state index is 10.1. The molecule has 72 valence electrons. The van der Waals surface area contributed by atoms with Gasteiger partial charge in [0.25, 0.3) is 0 Å². The smallest absolute Gasteiger partial charge is 1.00 e. The van der Waals surface area contributed by atoms with Crippen LogP contribution in [0.25, 0.3) is 6.08 Å². The second-order valence-corrected chi connectivity index (χ2v) is 3.29. The zero-order chi connectivity index (χ0) is 9.73. The molecule has 0 bridgehead atoms. The van der Waals surface area contributed by atoms with Gasteiger partial charge in [0.2, 0.25) is 0 Å². The Morgan fingerprint density at radius 2 is 1.86 bits per heavy atom. The molecule has 0 fully saturated rings. The Hall–Kier alpha value is -0.330. The molecule has 1 aromatic carbocycles. The van der Waals surface area contributed by atoms with Crippen LogP contribution in [0.5, 0.6) is 0 Å². The molecule has 1 aromatic rings. The summed E-state index contributed by atoms with van der Waals surface area (Å²) >= 11 is 0. The van der Waals surface area contributed by atoms with Gasteiger partial charge >= 0.3 is 40.0 Å². The maximum absolute atomic E-state index is 10.1. The van der Waals surface area contributed by atoms with Crippen LogP contribution in [0.4, 0.5) is 0 Å². The van der Waals surface area contributed by atoms with Crippen molar-refractivity contribution in [3.63, 3.8) is 0 Å². The van der Waals surface area contributed by atoms with Crippen LogP contribution in [0.15, 0.2) is 36.6 Å². The first-order chi connectivity index (χ1) is 6.08. The maximum Gasteiger partial charge on any atom is 1.00 e. The largest absolute Gasteiger partial charge is 1.00 e. The molecular weight excluding hydrogens is 215 g/mol. The van der Waals surface area contributed by atoms with Gasteiger partial charge in [-0.15, -0.1) is 0 Å². The summed E-state index contributed by atoms with van der Waals surface area (Å²) < 4.78 is 32.4. The van der Waals surface area contributed by atoms with Gasteiger partial charge < -0.3 is 5.61 Å². The first-order valence-corrected chi connectivity index (χ1v) is 4.82. The Kier molecular flexibility index (Phi) is 6.06. The first kappa shape index (κ1) is 13.7. The van der Waals surface area contributed by atoms with Crippen molar-refractivity contribution in [3.8, 4) is 0 Å². The molecule has 0 amide bonds. The van der Waals surface area contributed by atoms with Crippen molar-refractivity contribution in [2.24, 2.45) is 0 Å². The predicted molar refractivity (Wildman–Crippen MR) is 49.2 cm³/mol. The van der Waals surface area contributed by atoms with Crippen LogP contribution < -0.4 is 29.6 Å². The first-order valence-electron chi connectivity index (χ1n) is 3.45. The predicted octanol–water partition coefficient (Wildman–Crippen LogP) is -1.41. The molecule has 0 atom stereocenters. The van der Waals surface area contributed by atoms with Gasteiger partial charge in [0.1, 0.15) is 6.26 Å². The minimum absolute atomic E-state index is 0. The summed E-state index contributed by atoms with van der Waals surface area (Å²) in [4.78, 5) is 0. The molecular formula is C8H9NaO4S. The number of benzene rings is 1. The van der Waals surface area contributed by atoms with Gasteiger partial charge in [0.05, 0.1) is 0 Å². The second kappa shape index (κ2) is 6.21. The van der Waals surface area contributed by atoms with E-state index < -0.39 is 10.4 Å².